The number of H-pyrrole nitrogens is 1. The number of likely N-dealkylation sites (tertiary alicyclic amines) is 1. The van der Waals surface area contributed by atoms with Crippen molar-refractivity contribution in [1.82, 2.24) is 15.1 Å². The molecule has 0 bridgehead atoms. The Morgan fingerprint density at radius 3 is 2.68 bits per heavy atom. The van der Waals surface area contributed by atoms with Crippen LogP contribution in [-0.4, -0.2) is 51.3 Å². The molecule has 1 fully saturated rings. The smallest absolute Gasteiger partial charge is 0.345 e. The fourth-order valence-corrected chi connectivity index (χ4v) is 4.12. The van der Waals surface area contributed by atoms with Crippen LogP contribution in [0.3, 0.4) is 0 Å². The molecule has 7 nitrogen and oxygen atoms in total. The summed E-state index contributed by atoms with van der Waals surface area (Å²) in [5.41, 5.74) is 1.55. The molecule has 1 saturated heterocycles. The summed E-state index contributed by atoms with van der Waals surface area (Å²) in [5.74, 6) is -1.03. The molecule has 3 heterocycles. The SMILES string of the molecule is O=C(Nc1n[nH]c2sc(C(=O)O)cc12)c1ccc(CN2CCC(F)CC2)cc1. The number of aromatic carboxylic acids is 1. The zero-order valence-corrected chi connectivity index (χ0v) is 15.8. The predicted molar refractivity (Wildman–Crippen MR) is 105 cm³/mol. The molecule has 1 aliphatic rings. The number of hydrogen-bond acceptors (Lipinski definition) is 5. The lowest BCUT2D eigenvalue weighted by Gasteiger charge is -2.28. The van der Waals surface area contributed by atoms with Crippen molar-refractivity contribution in [3.63, 3.8) is 0 Å². The van der Waals surface area contributed by atoms with Gasteiger partial charge in [0.05, 0.1) is 5.39 Å². The fourth-order valence-electron chi connectivity index (χ4n) is 3.28. The number of carboxylic acid groups (broad SMARTS) is 1. The van der Waals surface area contributed by atoms with Crippen LogP contribution >= 0.6 is 11.3 Å². The van der Waals surface area contributed by atoms with Crippen LogP contribution in [0, 0.1) is 0 Å². The summed E-state index contributed by atoms with van der Waals surface area (Å²) in [5, 5.41) is 19.2. The number of carbonyl (C=O) groups excluding carboxylic acids is 1. The Labute approximate surface area is 164 Å². The number of fused-ring (bicyclic) bond motifs is 1. The summed E-state index contributed by atoms with van der Waals surface area (Å²) >= 11 is 1.07. The third-order valence-corrected chi connectivity index (χ3v) is 5.87. The van der Waals surface area contributed by atoms with Gasteiger partial charge in [-0.1, -0.05) is 12.1 Å². The van der Waals surface area contributed by atoms with Gasteiger partial charge in [0.1, 0.15) is 15.9 Å². The largest absolute Gasteiger partial charge is 0.477 e. The van der Waals surface area contributed by atoms with E-state index >= 15 is 0 Å². The molecule has 3 aromatic rings. The molecule has 0 radical (unpaired) electrons. The van der Waals surface area contributed by atoms with Gasteiger partial charge < -0.3 is 10.4 Å². The first-order valence-corrected chi connectivity index (χ1v) is 9.79. The first kappa shape index (κ1) is 18.6. The Hall–Kier alpha value is -2.78. The van der Waals surface area contributed by atoms with Crippen molar-refractivity contribution in [2.45, 2.75) is 25.6 Å². The number of aromatic nitrogens is 2. The Morgan fingerprint density at radius 2 is 2.00 bits per heavy atom. The van der Waals surface area contributed by atoms with Crippen LogP contribution < -0.4 is 5.32 Å². The van der Waals surface area contributed by atoms with Crippen LogP contribution in [-0.2, 0) is 6.54 Å². The molecule has 4 rings (SSSR count). The topological polar surface area (TPSA) is 98.3 Å². The molecule has 3 N–H and O–H groups in total. The van der Waals surface area contributed by atoms with E-state index in [4.69, 9.17) is 5.11 Å². The number of piperidine rings is 1. The van der Waals surface area contributed by atoms with E-state index in [-0.39, 0.29) is 10.8 Å². The van der Waals surface area contributed by atoms with Gasteiger partial charge in [0.25, 0.3) is 5.91 Å². The summed E-state index contributed by atoms with van der Waals surface area (Å²) in [6.07, 6.45) is 0.459. The molecular formula is C19H19FN4O3S. The number of amides is 1. The maximum atomic E-state index is 13.2. The number of benzene rings is 1. The van der Waals surface area contributed by atoms with Gasteiger partial charge in [-0.05, 0) is 36.6 Å². The molecule has 2 aromatic heterocycles. The van der Waals surface area contributed by atoms with Crippen molar-refractivity contribution < 1.29 is 19.1 Å². The quantitative estimate of drug-likeness (QED) is 0.607. The first-order valence-electron chi connectivity index (χ1n) is 8.97. The molecule has 1 aromatic carbocycles. The molecule has 146 valence electrons. The Morgan fingerprint density at radius 1 is 1.29 bits per heavy atom. The zero-order valence-electron chi connectivity index (χ0n) is 14.9. The fraction of sp³-hybridized carbons (Fsp3) is 0.316. The number of nitrogens with zero attached hydrogens (tertiary/aromatic N) is 2. The lowest BCUT2D eigenvalue weighted by atomic mass is 10.1. The van der Waals surface area contributed by atoms with Crippen molar-refractivity contribution in [2.75, 3.05) is 18.4 Å². The van der Waals surface area contributed by atoms with Gasteiger partial charge in [-0.25, -0.2) is 9.18 Å². The van der Waals surface area contributed by atoms with E-state index < -0.39 is 12.1 Å². The highest BCUT2D eigenvalue weighted by Gasteiger charge is 2.19. The molecule has 1 aliphatic heterocycles. The van der Waals surface area contributed by atoms with Crippen LogP contribution in [0.25, 0.3) is 10.2 Å². The number of aromatic amines is 1. The molecule has 9 heteroatoms. The van der Waals surface area contributed by atoms with E-state index in [1.165, 1.54) is 6.07 Å². The van der Waals surface area contributed by atoms with E-state index in [1.54, 1.807) is 12.1 Å². The second-order valence-electron chi connectivity index (χ2n) is 6.83. The van der Waals surface area contributed by atoms with Crippen LogP contribution in [0.5, 0.6) is 0 Å². The summed E-state index contributed by atoms with van der Waals surface area (Å²) < 4.78 is 13.2. The summed E-state index contributed by atoms with van der Waals surface area (Å²) in [7, 11) is 0. The number of anilines is 1. The highest BCUT2D eigenvalue weighted by Crippen LogP contribution is 2.29. The van der Waals surface area contributed by atoms with E-state index in [0.29, 0.717) is 34.4 Å². The van der Waals surface area contributed by atoms with Crippen molar-refractivity contribution in [3.8, 4) is 0 Å². The summed E-state index contributed by atoms with van der Waals surface area (Å²) in [4.78, 5) is 26.6. The van der Waals surface area contributed by atoms with Crippen LogP contribution in [0.15, 0.2) is 30.3 Å². The average molecular weight is 402 g/mol. The second-order valence-corrected chi connectivity index (χ2v) is 7.88. The lowest BCUT2D eigenvalue weighted by molar-refractivity contribution is 0.0702. The van der Waals surface area contributed by atoms with Crippen LogP contribution in [0.1, 0.15) is 38.4 Å². The number of alkyl halides is 1. The van der Waals surface area contributed by atoms with Crippen LogP contribution in [0.2, 0.25) is 0 Å². The molecular weight excluding hydrogens is 383 g/mol. The monoisotopic (exact) mass is 402 g/mol. The lowest BCUT2D eigenvalue weighted by Crippen LogP contribution is -2.33. The molecule has 28 heavy (non-hydrogen) atoms. The third kappa shape index (κ3) is 3.90. The Kier molecular flexibility index (Phi) is 5.10. The number of thiophene rings is 1. The molecule has 0 spiro atoms. The van der Waals surface area contributed by atoms with Gasteiger partial charge in [-0.3, -0.25) is 14.8 Å². The normalized spacial score (nSPS) is 15.8. The number of hydrogen-bond donors (Lipinski definition) is 3. The number of halogens is 1. The van der Waals surface area contributed by atoms with Crippen molar-refractivity contribution in [2.24, 2.45) is 0 Å². The molecule has 0 aliphatic carbocycles. The minimum absolute atomic E-state index is 0.181. The number of rotatable bonds is 5. The number of nitrogens with one attached hydrogen (secondary N) is 2. The van der Waals surface area contributed by atoms with E-state index in [1.807, 2.05) is 12.1 Å². The molecule has 0 unspecified atom stereocenters. The van der Waals surface area contributed by atoms with Crippen LogP contribution in [0.4, 0.5) is 10.2 Å². The summed E-state index contributed by atoms with van der Waals surface area (Å²) in [6, 6.07) is 8.76. The van der Waals surface area contributed by atoms with E-state index in [2.05, 4.69) is 20.4 Å². The van der Waals surface area contributed by atoms with Crippen molar-refractivity contribution >= 4 is 39.2 Å². The van der Waals surface area contributed by atoms with Gasteiger partial charge >= 0.3 is 5.97 Å². The second kappa shape index (κ2) is 7.69. The molecule has 1 amide bonds. The van der Waals surface area contributed by atoms with Crippen molar-refractivity contribution in [3.05, 3.63) is 46.3 Å². The van der Waals surface area contributed by atoms with Gasteiger partial charge in [-0.2, -0.15) is 5.10 Å². The van der Waals surface area contributed by atoms with E-state index in [0.717, 1.165) is 36.5 Å². The maximum Gasteiger partial charge on any atom is 0.345 e. The highest BCUT2D eigenvalue weighted by atomic mass is 32.1. The standard InChI is InChI=1S/C19H19FN4O3S/c20-13-5-7-24(8-6-13)10-11-1-3-12(4-2-11)17(25)21-16-14-9-15(19(26)27)28-18(14)23-22-16/h1-4,9,13H,5-8,10H2,(H,26,27)(H2,21,22,23,25). The van der Waals surface area contributed by atoms with Gasteiger partial charge in [0.2, 0.25) is 0 Å². The zero-order chi connectivity index (χ0) is 19.7. The summed E-state index contributed by atoms with van der Waals surface area (Å²) in [6.45, 7) is 2.23. The van der Waals surface area contributed by atoms with E-state index in [9.17, 15) is 14.0 Å². The van der Waals surface area contributed by atoms with Gasteiger partial charge in [-0.15, -0.1) is 11.3 Å². The van der Waals surface area contributed by atoms with Crippen molar-refractivity contribution in [1.29, 1.82) is 0 Å². The van der Waals surface area contributed by atoms with Gasteiger partial charge in [0, 0.05) is 25.2 Å². The average Bonchev–Trinajstić information content (AvgIpc) is 3.26. The minimum atomic E-state index is -1.02. The number of carboxylic acids is 1. The maximum absolute atomic E-state index is 13.2. The molecule has 0 saturated carbocycles. The van der Waals surface area contributed by atoms with Gasteiger partial charge in [0.15, 0.2) is 5.82 Å². The molecule has 0 atom stereocenters. The predicted octanol–water partition coefficient (Wildman–Crippen LogP) is 3.51. The minimum Gasteiger partial charge on any atom is -0.477 e. The highest BCUT2D eigenvalue weighted by molar-refractivity contribution is 7.20. The Balaban J connectivity index is 1.41. The number of carbonyl (C=O) groups is 2. The Bertz CT molecular complexity index is 1010. The third-order valence-electron chi connectivity index (χ3n) is 4.84. The first-order chi connectivity index (χ1) is 13.5.